The summed E-state index contributed by atoms with van der Waals surface area (Å²) in [4.78, 5) is 12.7. The third kappa shape index (κ3) is 5.13. The molecular weight excluding hydrogens is 477 g/mol. The van der Waals surface area contributed by atoms with Crippen LogP contribution in [0, 0.1) is 0 Å². The van der Waals surface area contributed by atoms with Crippen LogP contribution in [0.5, 0.6) is 5.75 Å². The molecule has 2 N–H and O–H groups in total. The van der Waals surface area contributed by atoms with Crippen molar-refractivity contribution in [2.45, 2.75) is 37.6 Å². The Bertz CT molecular complexity index is 1320. The lowest BCUT2D eigenvalue weighted by Crippen LogP contribution is -2.33. The van der Waals surface area contributed by atoms with Crippen LogP contribution in [0.15, 0.2) is 67.0 Å². The summed E-state index contributed by atoms with van der Waals surface area (Å²) in [5.74, 6) is 0.415. The van der Waals surface area contributed by atoms with Crippen molar-refractivity contribution in [2.75, 3.05) is 5.32 Å². The summed E-state index contributed by atoms with van der Waals surface area (Å²) in [7, 11) is 0. The van der Waals surface area contributed by atoms with Crippen molar-refractivity contribution in [2.24, 2.45) is 0 Å². The highest BCUT2D eigenvalue weighted by molar-refractivity contribution is 7.15. The Hall–Kier alpha value is -3.50. The van der Waals surface area contributed by atoms with E-state index in [-0.39, 0.29) is 5.95 Å². The highest BCUT2D eigenvalue weighted by Gasteiger charge is 2.39. The van der Waals surface area contributed by atoms with Crippen molar-refractivity contribution in [3.63, 3.8) is 0 Å². The van der Waals surface area contributed by atoms with Gasteiger partial charge in [0.15, 0.2) is 0 Å². The van der Waals surface area contributed by atoms with E-state index < -0.39 is 17.5 Å². The van der Waals surface area contributed by atoms with Crippen LogP contribution in [-0.4, -0.2) is 20.1 Å². The molecule has 1 aliphatic carbocycles. The van der Waals surface area contributed by atoms with E-state index in [1.54, 1.807) is 24.4 Å². The molecule has 6 nitrogen and oxygen atoms in total. The Kier molecular flexibility index (Phi) is 6.16. The van der Waals surface area contributed by atoms with Crippen molar-refractivity contribution in [3.05, 3.63) is 83.3 Å². The second kappa shape index (κ2) is 9.27. The van der Waals surface area contributed by atoms with Gasteiger partial charge in [0.2, 0.25) is 5.95 Å². The zero-order valence-corrected chi connectivity index (χ0v) is 19.2. The minimum Gasteiger partial charge on any atom is -0.488 e. The highest BCUT2D eigenvalue weighted by Crippen LogP contribution is 2.45. The van der Waals surface area contributed by atoms with E-state index in [9.17, 15) is 18.3 Å². The topological polar surface area (TPSA) is 80.2 Å². The van der Waals surface area contributed by atoms with Gasteiger partial charge in [0, 0.05) is 23.6 Å². The van der Waals surface area contributed by atoms with Crippen molar-refractivity contribution in [1.82, 2.24) is 15.0 Å². The Morgan fingerprint density at radius 2 is 1.86 bits per heavy atom. The molecule has 0 atom stereocenters. The molecular formula is C25H21F3N4O2S. The average Bonchev–Trinajstić information content (AvgIpc) is 3.32. The van der Waals surface area contributed by atoms with E-state index in [2.05, 4.69) is 20.3 Å². The van der Waals surface area contributed by atoms with Crippen molar-refractivity contribution in [3.8, 4) is 16.2 Å². The van der Waals surface area contributed by atoms with Gasteiger partial charge in [0.05, 0.1) is 4.88 Å². The van der Waals surface area contributed by atoms with Gasteiger partial charge in [-0.3, -0.25) is 0 Å². The summed E-state index contributed by atoms with van der Waals surface area (Å²) < 4.78 is 45.2. The van der Waals surface area contributed by atoms with Gasteiger partial charge in [-0.05, 0) is 49.1 Å². The molecule has 0 saturated heterocycles. The van der Waals surface area contributed by atoms with Crippen molar-refractivity contribution >= 4 is 23.0 Å². The van der Waals surface area contributed by atoms with E-state index in [0.29, 0.717) is 41.5 Å². The first kappa shape index (κ1) is 23.3. The zero-order valence-electron chi connectivity index (χ0n) is 18.4. The Labute approximate surface area is 203 Å². The third-order valence-electron chi connectivity index (χ3n) is 5.77. The number of thiazole rings is 1. The van der Waals surface area contributed by atoms with Crippen LogP contribution in [-0.2, 0) is 18.4 Å². The van der Waals surface area contributed by atoms with Crippen LogP contribution in [0.4, 0.5) is 24.8 Å². The number of hydrogen-bond acceptors (Lipinski definition) is 7. The van der Waals surface area contributed by atoms with Crippen LogP contribution in [0.2, 0.25) is 0 Å². The molecule has 2 aromatic heterocycles. The number of aromatic nitrogens is 3. The molecule has 0 unspecified atom stereocenters. The summed E-state index contributed by atoms with van der Waals surface area (Å²) in [6.07, 6.45) is 0.474. The second-order valence-corrected chi connectivity index (χ2v) is 9.32. The van der Waals surface area contributed by atoms with Crippen LogP contribution in [0.3, 0.4) is 0 Å². The molecule has 0 bridgehead atoms. The van der Waals surface area contributed by atoms with Crippen LogP contribution < -0.4 is 10.1 Å². The highest BCUT2D eigenvalue weighted by atomic mass is 32.1. The molecule has 5 rings (SSSR count). The van der Waals surface area contributed by atoms with E-state index in [1.165, 1.54) is 11.3 Å². The predicted octanol–water partition coefficient (Wildman–Crippen LogP) is 6.31. The maximum absolute atomic E-state index is 13.0. The van der Waals surface area contributed by atoms with Crippen LogP contribution >= 0.6 is 11.3 Å². The standard InChI is InChI=1S/C25H21F3N4O2S/c26-25(27,28)21-9-12-29-23(32-21)31-17-7-8-19(34-15-16-5-2-1-3-6-16)18(13-17)20-14-30-22(35-20)24(33)10-4-11-24/h1-3,5-9,12-14,33H,4,10-11,15H2,(H,29,31,32). The fourth-order valence-electron chi connectivity index (χ4n) is 3.71. The molecule has 2 heterocycles. The fourth-order valence-corrected chi connectivity index (χ4v) is 4.79. The number of halogens is 3. The summed E-state index contributed by atoms with van der Waals surface area (Å²) in [6.45, 7) is 0.340. The van der Waals surface area contributed by atoms with Gasteiger partial charge in [-0.15, -0.1) is 11.3 Å². The maximum Gasteiger partial charge on any atom is 0.433 e. The molecule has 1 fully saturated rings. The smallest absolute Gasteiger partial charge is 0.433 e. The van der Waals surface area contributed by atoms with E-state index in [1.807, 2.05) is 30.3 Å². The number of alkyl halides is 3. The molecule has 0 radical (unpaired) electrons. The number of benzene rings is 2. The first-order valence-electron chi connectivity index (χ1n) is 11.0. The average molecular weight is 499 g/mol. The van der Waals surface area contributed by atoms with E-state index in [0.717, 1.165) is 29.1 Å². The number of aliphatic hydroxyl groups is 1. The van der Waals surface area contributed by atoms with E-state index in [4.69, 9.17) is 4.74 Å². The van der Waals surface area contributed by atoms with Gasteiger partial charge in [-0.2, -0.15) is 13.2 Å². The molecule has 4 aromatic rings. The van der Waals surface area contributed by atoms with Gasteiger partial charge in [0.25, 0.3) is 0 Å². The lowest BCUT2D eigenvalue weighted by molar-refractivity contribution is -0.141. The first-order valence-corrected chi connectivity index (χ1v) is 11.8. The summed E-state index contributed by atoms with van der Waals surface area (Å²) >= 11 is 1.38. The fraction of sp³-hybridized carbons (Fsp3) is 0.240. The summed E-state index contributed by atoms with van der Waals surface area (Å²) in [6, 6.07) is 15.7. The molecule has 0 aliphatic heterocycles. The monoisotopic (exact) mass is 498 g/mol. The predicted molar refractivity (Wildman–Crippen MR) is 126 cm³/mol. The van der Waals surface area contributed by atoms with Crippen LogP contribution in [0.1, 0.15) is 35.5 Å². The van der Waals surface area contributed by atoms with E-state index >= 15 is 0 Å². The van der Waals surface area contributed by atoms with Crippen molar-refractivity contribution < 1.29 is 23.0 Å². The number of nitrogens with one attached hydrogen (secondary N) is 1. The summed E-state index contributed by atoms with van der Waals surface area (Å²) in [5.41, 5.74) is 0.259. The Morgan fingerprint density at radius 3 is 2.57 bits per heavy atom. The number of hydrogen-bond donors (Lipinski definition) is 2. The molecule has 1 saturated carbocycles. The third-order valence-corrected chi connectivity index (χ3v) is 6.99. The largest absolute Gasteiger partial charge is 0.488 e. The zero-order chi connectivity index (χ0) is 24.5. The van der Waals surface area contributed by atoms with Crippen LogP contribution in [0.25, 0.3) is 10.4 Å². The minimum atomic E-state index is -4.57. The Morgan fingerprint density at radius 1 is 1.06 bits per heavy atom. The quantitative estimate of drug-likeness (QED) is 0.311. The molecule has 10 heteroatoms. The SMILES string of the molecule is OC1(c2ncc(-c3cc(Nc4nccc(C(F)(F)F)n4)ccc3OCc3ccccc3)s2)CCC1. The normalized spacial score (nSPS) is 14.9. The number of ether oxygens (including phenoxy) is 1. The summed E-state index contributed by atoms with van der Waals surface area (Å²) in [5, 5.41) is 14.2. The number of nitrogens with zero attached hydrogens (tertiary/aromatic N) is 3. The second-order valence-electron chi connectivity index (χ2n) is 8.29. The molecule has 2 aromatic carbocycles. The van der Waals surface area contributed by atoms with Gasteiger partial charge < -0.3 is 15.2 Å². The first-order chi connectivity index (χ1) is 16.8. The lowest BCUT2D eigenvalue weighted by Gasteiger charge is -2.34. The van der Waals surface area contributed by atoms with Gasteiger partial charge in [0.1, 0.15) is 28.7 Å². The number of anilines is 2. The number of rotatable bonds is 7. The molecule has 180 valence electrons. The van der Waals surface area contributed by atoms with Gasteiger partial charge in [-0.1, -0.05) is 30.3 Å². The Balaban J connectivity index is 1.46. The molecule has 35 heavy (non-hydrogen) atoms. The molecule has 0 spiro atoms. The lowest BCUT2D eigenvalue weighted by atomic mass is 9.81. The molecule has 1 aliphatic rings. The van der Waals surface area contributed by atoms with Gasteiger partial charge in [-0.25, -0.2) is 15.0 Å². The van der Waals surface area contributed by atoms with Crippen molar-refractivity contribution in [1.29, 1.82) is 0 Å². The maximum atomic E-state index is 13.0. The van der Waals surface area contributed by atoms with Gasteiger partial charge >= 0.3 is 6.18 Å². The molecule has 0 amide bonds. The minimum absolute atomic E-state index is 0.169.